The van der Waals surface area contributed by atoms with E-state index in [4.69, 9.17) is 4.52 Å². The second-order valence-electron chi connectivity index (χ2n) is 7.56. The summed E-state index contributed by atoms with van der Waals surface area (Å²) in [7, 11) is 0. The quantitative estimate of drug-likeness (QED) is 0.677. The van der Waals surface area contributed by atoms with E-state index in [-0.39, 0.29) is 30.4 Å². The molecule has 2 saturated heterocycles. The largest absolute Gasteiger partial charge is 0.355 e. The lowest BCUT2D eigenvalue weighted by Crippen LogP contribution is -2.49. The number of carbonyl (C=O) groups excluding carboxylic acids is 3. The molecule has 0 saturated carbocycles. The second-order valence-corrected chi connectivity index (χ2v) is 7.56. The Balaban J connectivity index is 1.34. The number of carbonyl (C=O) groups is 3. The Hall–Kier alpha value is -3.68. The first-order valence-electron chi connectivity index (χ1n) is 9.96. The highest BCUT2D eigenvalue weighted by atomic mass is 16.5. The summed E-state index contributed by atoms with van der Waals surface area (Å²) < 4.78 is 5.52. The van der Waals surface area contributed by atoms with Crippen LogP contribution in [0, 0.1) is 0 Å². The number of rotatable bonds is 3. The number of amides is 4. The first-order chi connectivity index (χ1) is 14.6. The number of aromatic nitrogens is 1. The van der Waals surface area contributed by atoms with E-state index < -0.39 is 0 Å². The molecular formula is C22H20N4O4. The van der Waals surface area contributed by atoms with E-state index >= 15 is 0 Å². The summed E-state index contributed by atoms with van der Waals surface area (Å²) in [5.41, 5.74) is 2.16. The molecule has 8 nitrogen and oxygen atoms in total. The lowest BCUT2D eigenvalue weighted by molar-refractivity contribution is -0.127. The van der Waals surface area contributed by atoms with Crippen LogP contribution in [0.25, 0.3) is 22.2 Å². The van der Waals surface area contributed by atoms with E-state index in [1.54, 1.807) is 17.0 Å². The molecule has 0 atom stereocenters. The number of piperidine rings is 1. The third kappa shape index (κ3) is 3.10. The summed E-state index contributed by atoms with van der Waals surface area (Å²) in [5.74, 6) is 0.362. The van der Waals surface area contributed by atoms with E-state index in [1.165, 1.54) is 4.90 Å². The van der Waals surface area contributed by atoms with Crippen LogP contribution in [-0.4, -0.2) is 58.5 Å². The van der Waals surface area contributed by atoms with Crippen molar-refractivity contribution < 1.29 is 18.9 Å². The molecule has 0 radical (unpaired) electrons. The lowest BCUT2D eigenvalue weighted by atomic mass is 10.0. The van der Waals surface area contributed by atoms with Gasteiger partial charge in [0.05, 0.1) is 11.9 Å². The van der Waals surface area contributed by atoms with E-state index in [9.17, 15) is 14.4 Å². The number of urea groups is 1. The Morgan fingerprint density at radius 3 is 2.53 bits per heavy atom. The van der Waals surface area contributed by atoms with Crippen LogP contribution < -0.4 is 5.32 Å². The number of hydrogen-bond acceptors (Lipinski definition) is 5. The van der Waals surface area contributed by atoms with Gasteiger partial charge in [0.2, 0.25) is 5.91 Å². The van der Waals surface area contributed by atoms with Crippen molar-refractivity contribution in [2.24, 2.45) is 0 Å². The minimum absolute atomic E-state index is 0.0560. The number of hydrogen-bond donors (Lipinski definition) is 1. The molecule has 4 amide bonds. The van der Waals surface area contributed by atoms with Crippen LogP contribution in [-0.2, 0) is 4.79 Å². The standard InChI is InChI=1S/C22H20N4O4/c27-19-13-23-22(29)26(19)16-8-10-25(11-9-16)21(28)15-6-7-18-17(12-15)20(30-24-18)14-4-2-1-3-5-14/h1-7,12,16H,8-11,13H2,(H,23,29). The van der Waals surface area contributed by atoms with Gasteiger partial charge < -0.3 is 14.7 Å². The first-order valence-corrected chi connectivity index (χ1v) is 9.96. The van der Waals surface area contributed by atoms with Crippen molar-refractivity contribution in [2.45, 2.75) is 18.9 Å². The number of nitrogens with zero attached hydrogens (tertiary/aromatic N) is 3. The maximum absolute atomic E-state index is 13.1. The average molecular weight is 404 g/mol. The lowest BCUT2D eigenvalue weighted by Gasteiger charge is -2.35. The Kier molecular flexibility index (Phi) is 4.46. The summed E-state index contributed by atoms with van der Waals surface area (Å²) in [6.07, 6.45) is 1.16. The Labute approximate surface area is 172 Å². The molecule has 3 aromatic rings. The molecule has 0 spiro atoms. The molecular weight excluding hydrogens is 384 g/mol. The van der Waals surface area contributed by atoms with Crippen LogP contribution in [0.2, 0.25) is 0 Å². The highest BCUT2D eigenvalue weighted by molar-refractivity contribution is 6.03. The Bertz CT molecular complexity index is 1120. The van der Waals surface area contributed by atoms with Crippen molar-refractivity contribution in [2.75, 3.05) is 19.6 Å². The smallest absolute Gasteiger partial charge is 0.324 e. The van der Waals surface area contributed by atoms with Crippen molar-refractivity contribution in [3.8, 4) is 11.3 Å². The number of nitrogens with one attached hydrogen (secondary N) is 1. The van der Waals surface area contributed by atoms with Gasteiger partial charge in [-0.2, -0.15) is 0 Å². The molecule has 0 aliphatic carbocycles. The zero-order chi connectivity index (χ0) is 20.7. The molecule has 8 heteroatoms. The third-order valence-corrected chi connectivity index (χ3v) is 5.75. The van der Waals surface area contributed by atoms with Gasteiger partial charge in [-0.25, -0.2) is 4.79 Å². The molecule has 2 aliphatic rings. The fourth-order valence-electron chi connectivity index (χ4n) is 4.19. The van der Waals surface area contributed by atoms with Gasteiger partial charge in [0, 0.05) is 30.3 Å². The highest BCUT2D eigenvalue weighted by Gasteiger charge is 2.37. The minimum atomic E-state index is -0.337. The number of fused-ring (bicyclic) bond motifs is 1. The predicted molar refractivity (Wildman–Crippen MR) is 109 cm³/mol. The number of benzene rings is 2. The Morgan fingerprint density at radius 1 is 1.07 bits per heavy atom. The molecule has 0 bridgehead atoms. The zero-order valence-electron chi connectivity index (χ0n) is 16.2. The van der Waals surface area contributed by atoms with Crippen molar-refractivity contribution in [3.63, 3.8) is 0 Å². The normalized spacial score (nSPS) is 17.6. The monoisotopic (exact) mass is 404 g/mol. The van der Waals surface area contributed by atoms with Crippen LogP contribution in [0.4, 0.5) is 4.79 Å². The molecule has 1 aromatic heterocycles. The van der Waals surface area contributed by atoms with Crippen LogP contribution in [0.15, 0.2) is 53.1 Å². The topological polar surface area (TPSA) is 95.8 Å². The predicted octanol–water partition coefficient (Wildman–Crippen LogP) is 2.65. The van der Waals surface area contributed by atoms with Gasteiger partial charge in [-0.3, -0.25) is 14.5 Å². The molecule has 2 aromatic carbocycles. The van der Waals surface area contributed by atoms with Crippen molar-refractivity contribution >= 4 is 28.7 Å². The first kappa shape index (κ1) is 18.4. The van der Waals surface area contributed by atoms with Gasteiger partial charge in [0.25, 0.3) is 5.91 Å². The zero-order valence-corrected chi connectivity index (χ0v) is 16.2. The molecule has 2 fully saturated rings. The minimum Gasteiger partial charge on any atom is -0.355 e. The van der Waals surface area contributed by atoms with Gasteiger partial charge in [0.15, 0.2) is 5.76 Å². The van der Waals surface area contributed by atoms with Crippen molar-refractivity contribution in [1.82, 2.24) is 20.3 Å². The van der Waals surface area contributed by atoms with E-state index in [0.717, 1.165) is 10.9 Å². The molecule has 0 unspecified atom stereocenters. The van der Waals surface area contributed by atoms with Crippen LogP contribution in [0.5, 0.6) is 0 Å². The summed E-state index contributed by atoms with van der Waals surface area (Å²) in [6.45, 7) is 1.04. The molecule has 152 valence electrons. The van der Waals surface area contributed by atoms with E-state index in [0.29, 0.717) is 42.8 Å². The molecule has 1 N–H and O–H groups in total. The van der Waals surface area contributed by atoms with Gasteiger partial charge in [-0.05, 0) is 31.0 Å². The van der Waals surface area contributed by atoms with E-state index in [2.05, 4.69) is 10.5 Å². The number of likely N-dealkylation sites (tertiary alicyclic amines) is 1. The summed E-state index contributed by atoms with van der Waals surface area (Å²) >= 11 is 0. The van der Waals surface area contributed by atoms with Crippen LogP contribution >= 0.6 is 0 Å². The third-order valence-electron chi connectivity index (χ3n) is 5.75. The molecule has 5 rings (SSSR count). The highest BCUT2D eigenvalue weighted by Crippen LogP contribution is 2.30. The fourth-order valence-corrected chi connectivity index (χ4v) is 4.19. The summed E-state index contributed by atoms with van der Waals surface area (Å²) in [4.78, 5) is 39.9. The van der Waals surface area contributed by atoms with Crippen LogP contribution in [0.3, 0.4) is 0 Å². The molecule has 3 heterocycles. The molecule has 30 heavy (non-hydrogen) atoms. The number of imide groups is 1. The van der Waals surface area contributed by atoms with E-state index in [1.807, 2.05) is 36.4 Å². The average Bonchev–Trinajstić information content (AvgIpc) is 3.36. The summed E-state index contributed by atoms with van der Waals surface area (Å²) in [6, 6.07) is 14.5. The molecule has 2 aliphatic heterocycles. The Morgan fingerprint density at radius 2 is 1.83 bits per heavy atom. The maximum atomic E-state index is 13.1. The van der Waals surface area contributed by atoms with Gasteiger partial charge in [0.1, 0.15) is 5.52 Å². The van der Waals surface area contributed by atoms with Gasteiger partial charge in [-0.15, -0.1) is 0 Å². The van der Waals surface area contributed by atoms with Gasteiger partial charge in [-0.1, -0.05) is 35.5 Å². The van der Waals surface area contributed by atoms with Crippen LogP contribution in [0.1, 0.15) is 23.2 Å². The second kappa shape index (κ2) is 7.29. The van der Waals surface area contributed by atoms with Gasteiger partial charge >= 0.3 is 6.03 Å². The fraction of sp³-hybridized carbons (Fsp3) is 0.273. The SMILES string of the molecule is O=C(c1ccc2noc(-c3ccccc3)c2c1)N1CCC(N2C(=O)CNC2=O)CC1. The summed E-state index contributed by atoms with van der Waals surface area (Å²) in [5, 5.41) is 7.45. The maximum Gasteiger partial charge on any atom is 0.324 e. The van der Waals surface area contributed by atoms with Crippen molar-refractivity contribution in [1.29, 1.82) is 0 Å². The van der Waals surface area contributed by atoms with Crippen molar-refractivity contribution in [3.05, 3.63) is 54.1 Å².